The molecule has 36 heavy (non-hydrogen) atoms. The normalized spacial score (nSPS) is 19.0. The molecule has 1 unspecified atom stereocenters. The van der Waals surface area contributed by atoms with Crippen molar-refractivity contribution in [3.8, 4) is 5.75 Å². The fraction of sp³-hybridized carbons (Fsp3) is 0.414. The van der Waals surface area contributed by atoms with Crippen LogP contribution in [-0.4, -0.2) is 58.7 Å². The van der Waals surface area contributed by atoms with Gasteiger partial charge in [0.05, 0.1) is 11.6 Å². The van der Waals surface area contributed by atoms with Crippen molar-refractivity contribution in [3.63, 3.8) is 0 Å². The van der Waals surface area contributed by atoms with Gasteiger partial charge in [0.25, 0.3) is 11.7 Å². The number of amides is 1. The van der Waals surface area contributed by atoms with Gasteiger partial charge in [-0.2, -0.15) is 0 Å². The molecule has 1 aliphatic carbocycles. The van der Waals surface area contributed by atoms with Crippen molar-refractivity contribution in [2.75, 3.05) is 26.2 Å². The van der Waals surface area contributed by atoms with E-state index < -0.39 is 23.7 Å². The highest BCUT2D eigenvalue weighted by atomic mass is 16.5. The number of hydrogen-bond donors (Lipinski definition) is 1. The molecular formula is C29H34N2O5. The van der Waals surface area contributed by atoms with E-state index in [1.807, 2.05) is 18.2 Å². The van der Waals surface area contributed by atoms with Crippen molar-refractivity contribution in [1.82, 2.24) is 9.80 Å². The Hall–Kier alpha value is -3.45. The predicted octanol–water partition coefficient (Wildman–Crippen LogP) is 4.25. The molecule has 1 fully saturated rings. The lowest BCUT2D eigenvalue weighted by Gasteiger charge is -2.28. The van der Waals surface area contributed by atoms with Crippen molar-refractivity contribution in [2.24, 2.45) is 0 Å². The van der Waals surface area contributed by atoms with Crippen LogP contribution >= 0.6 is 0 Å². The fourth-order valence-electron chi connectivity index (χ4n) is 5.17. The summed E-state index contributed by atoms with van der Waals surface area (Å²) in [7, 11) is 0. The first kappa shape index (κ1) is 25.6. The minimum atomic E-state index is -0.733. The Bertz CT molecular complexity index is 1180. The van der Waals surface area contributed by atoms with Crippen LogP contribution in [0.2, 0.25) is 0 Å². The summed E-state index contributed by atoms with van der Waals surface area (Å²) >= 11 is 0. The number of rotatable bonds is 8. The minimum absolute atomic E-state index is 0.0931. The Morgan fingerprint density at radius 2 is 1.69 bits per heavy atom. The molecule has 1 atom stereocenters. The molecule has 7 nitrogen and oxygen atoms in total. The van der Waals surface area contributed by atoms with Crippen LogP contribution in [0.3, 0.4) is 0 Å². The molecule has 0 bridgehead atoms. The van der Waals surface area contributed by atoms with Crippen LogP contribution in [0.4, 0.5) is 0 Å². The molecule has 2 aromatic carbocycles. The monoisotopic (exact) mass is 490 g/mol. The second-order valence-electron chi connectivity index (χ2n) is 9.37. The van der Waals surface area contributed by atoms with Crippen LogP contribution in [0, 0.1) is 0 Å². The number of likely N-dealkylation sites (tertiary alicyclic amines) is 1. The summed E-state index contributed by atoms with van der Waals surface area (Å²) in [5, 5.41) is 11.4. The van der Waals surface area contributed by atoms with E-state index in [0.29, 0.717) is 30.0 Å². The number of aliphatic hydroxyl groups is 1. The number of hydrogen-bond acceptors (Lipinski definition) is 6. The third kappa shape index (κ3) is 5.21. The molecule has 0 radical (unpaired) electrons. The van der Waals surface area contributed by atoms with Crippen LogP contribution in [0.5, 0.6) is 5.75 Å². The first-order chi connectivity index (χ1) is 17.3. The van der Waals surface area contributed by atoms with Crippen molar-refractivity contribution >= 4 is 23.4 Å². The van der Waals surface area contributed by atoms with E-state index in [1.54, 1.807) is 29.2 Å². The lowest BCUT2D eigenvalue weighted by Crippen LogP contribution is -2.38. The second kappa shape index (κ2) is 11.1. The summed E-state index contributed by atoms with van der Waals surface area (Å²) in [5.74, 6) is -1.50. The van der Waals surface area contributed by atoms with Crippen LogP contribution in [0.25, 0.3) is 5.76 Å². The number of nitrogens with zero attached hydrogens (tertiary/aromatic N) is 2. The smallest absolute Gasteiger partial charge is 0.308 e. The van der Waals surface area contributed by atoms with Gasteiger partial charge in [-0.05, 0) is 73.7 Å². The number of Topliss-reactive ketones (excluding diaryl/α,β-unsaturated/α-hetero) is 1. The summed E-state index contributed by atoms with van der Waals surface area (Å²) in [5.41, 5.74) is 3.78. The van der Waals surface area contributed by atoms with Gasteiger partial charge < -0.3 is 19.6 Å². The Morgan fingerprint density at radius 3 is 2.33 bits per heavy atom. The molecule has 0 spiro atoms. The number of esters is 1. The SMILES string of the molecule is CCN(CC)CCN1C(=O)C(=O)/C(=C(\O)c2ccc3c(c2)CCCC3)C1c1ccc(OC(C)=O)cc1. The third-order valence-electron chi connectivity index (χ3n) is 7.17. The highest BCUT2D eigenvalue weighted by Gasteiger charge is 2.46. The van der Waals surface area contributed by atoms with Gasteiger partial charge in [0.15, 0.2) is 0 Å². The standard InChI is InChI=1S/C29H34N2O5/c1-4-30(5-2)16-17-31-26(21-12-14-24(15-13-21)36-19(3)32)25(28(34)29(31)35)27(33)23-11-10-20-8-6-7-9-22(20)18-23/h10-15,18,26,33H,4-9,16-17H2,1-3H3/b27-25-. The summed E-state index contributed by atoms with van der Waals surface area (Å²) in [6, 6.07) is 11.8. The van der Waals surface area contributed by atoms with Gasteiger partial charge in [-0.3, -0.25) is 14.4 Å². The molecule has 190 valence electrons. The largest absolute Gasteiger partial charge is 0.507 e. The van der Waals surface area contributed by atoms with Crippen molar-refractivity contribution in [3.05, 3.63) is 70.3 Å². The van der Waals surface area contributed by atoms with Crippen molar-refractivity contribution in [2.45, 2.75) is 52.5 Å². The van der Waals surface area contributed by atoms with Gasteiger partial charge in [-0.25, -0.2) is 0 Å². The van der Waals surface area contributed by atoms with E-state index in [2.05, 4.69) is 18.7 Å². The number of aryl methyl sites for hydroxylation is 2. The minimum Gasteiger partial charge on any atom is -0.507 e. The number of ether oxygens (including phenoxy) is 1. The zero-order valence-electron chi connectivity index (χ0n) is 21.3. The summed E-state index contributed by atoms with van der Waals surface area (Å²) in [4.78, 5) is 41.6. The molecule has 0 aromatic heterocycles. The van der Waals surface area contributed by atoms with Gasteiger partial charge in [-0.1, -0.05) is 38.1 Å². The van der Waals surface area contributed by atoms with Gasteiger partial charge in [0.1, 0.15) is 11.5 Å². The first-order valence-electron chi connectivity index (χ1n) is 12.7. The maximum Gasteiger partial charge on any atom is 0.308 e. The Balaban J connectivity index is 1.77. The average Bonchev–Trinajstić information content (AvgIpc) is 3.13. The predicted molar refractivity (Wildman–Crippen MR) is 138 cm³/mol. The third-order valence-corrected chi connectivity index (χ3v) is 7.17. The molecule has 1 aliphatic heterocycles. The highest BCUT2D eigenvalue weighted by Crippen LogP contribution is 2.40. The summed E-state index contributed by atoms with van der Waals surface area (Å²) in [6.45, 7) is 8.06. The number of ketones is 1. The summed E-state index contributed by atoms with van der Waals surface area (Å²) in [6.07, 6.45) is 4.21. The maximum absolute atomic E-state index is 13.3. The van der Waals surface area contributed by atoms with E-state index in [4.69, 9.17) is 4.74 Å². The van der Waals surface area contributed by atoms with Crippen molar-refractivity contribution < 1.29 is 24.2 Å². The van der Waals surface area contributed by atoms with Crippen molar-refractivity contribution in [1.29, 1.82) is 0 Å². The molecule has 4 rings (SSSR count). The number of likely N-dealkylation sites (N-methyl/N-ethyl adjacent to an activating group) is 1. The number of carbonyl (C=O) groups is 3. The number of carbonyl (C=O) groups excluding carboxylic acids is 3. The fourth-order valence-corrected chi connectivity index (χ4v) is 5.17. The van der Waals surface area contributed by atoms with Crippen LogP contribution in [0.15, 0.2) is 48.0 Å². The lowest BCUT2D eigenvalue weighted by molar-refractivity contribution is -0.140. The van der Waals surface area contributed by atoms with Gasteiger partial charge >= 0.3 is 5.97 Å². The molecule has 1 saturated heterocycles. The number of aliphatic hydroxyl groups excluding tert-OH is 1. The molecule has 2 aromatic rings. The molecule has 1 amide bonds. The van der Waals surface area contributed by atoms with Gasteiger partial charge in [0, 0.05) is 25.6 Å². The Labute approximate surface area is 212 Å². The van der Waals surface area contributed by atoms with Gasteiger partial charge in [-0.15, -0.1) is 0 Å². The lowest BCUT2D eigenvalue weighted by atomic mass is 9.88. The Kier molecular flexibility index (Phi) is 7.89. The van der Waals surface area contributed by atoms with E-state index >= 15 is 0 Å². The van der Waals surface area contributed by atoms with Crippen LogP contribution < -0.4 is 4.74 Å². The quantitative estimate of drug-likeness (QED) is 0.196. The molecule has 7 heteroatoms. The van der Waals surface area contributed by atoms with Crippen LogP contribution in [0.1, 0.15) is 61.9 Å². The topological polar surface area (TPSA) is 87.2 Å². The summed E-state index contributed by atoms with van der Waals surface area (Å²) < 4.78 is 5.15. The zero-order chi connectivity index (χ0) is 25.8. The van der Waals surface area contributed by atoms with Crippen LogP contribution in [-0.2, 0) is 27.2 Å². The Morgan fingerprint density at radius 1 is 1.03 bits per heavy atom. The number of benzene rings is 2. The first-order valence-corrected chi connectivity index (χ1v) is 12.7. The highest BCUT2D eigenvalue weighted by molar-refractivity contribution is 6.46. The maximum atomic E-state index is 13.3. The molecule has 0 saturated carbocycles. The molecule has 1 heterocycles. The van der Waals surface area contributed by atoms with E-state index in [-0.39, 0.29) is 11.3 Å². The molecule has 2 aliphatic rings. The average molecular weight is 491 g/mol. The number of fused-ring (bicyclic) bond motifs is 1. The molecular weight excluding hydrogens is 456 g/mol. The second-order valence-corrected chi connectivity index (χ2v) is 9.37. The molecule has 1 N–H and O–H groups in total. The van der Waals surface area contributed by atoms with E-state index in [1.165, 1.54) is 18.1 Å². The zero-order valence-corrected chi connectivity index (χ0v) is 21.3. The van der Waals surface area contributed by atoms with E-state index in [9.17, 15) is 19.5 Å². The van der Waals surface area contributed by atoms with E-state index in [0.717, 1.165) is 38.8 Å². The van der Waals surface area contributed by atoms with Gasteiger partial charge in [0.2, 0.25) is 0 Å².